The quantitative estimate of drug-likeness (QED) is 0.621. The molecule has 4 heteroatoms. The number of Topliss-reactive ketones (excluding diaryl/α,β-unsaturated/α-hetero) is 1. The lowest BCUT2D eigenvalue weighted by molar-refractivity contribution is -0.127. The Hall–Kier alpha value is -0.450. The number of ether oxygens (including phenoxy) is 2. The lowest BCUT2D eigenvalue weighted by Gasteiger charge is -2.36. The number of likely N-dealkylation sites (tertiary alicyclic amines) is 1. The third-order valence-electron chi connectivity index (χ3n) is 3.87. The summed E-state index contributed by atoms with van der Waals surface area (Å²) in [6.45, 7) is 8.37. The zero-order chi connectivity index (χ0) is 13.4. The SMILES string of the molecule is COCCOCCCCN1CCC(=O)C(C)C1C. The van der Waals surface area contributed by atoms with Gasteiger partial charge in [0.15, 0.2) is 0 Å². The van der Waals surface area contributed by atoms with Gasteiger partial charge in [0.05, 0.1) is 13.2 Å². The summed E-state index contributed by atoms with van der Waals surface area (Å²) in [6.07, 6.45) is 2.93. The first-order chi connectivity index (χ1) is 8.66. The van der Waals surface area contributed by atoms with Gasteiger partial charge >= 0.3 is 0 Å². The highest BCUT2D eigenvalue weighted by molar-refractivity contribution is 5.82. The Kier molecular flexibility index (Phi) is 7.47. The molecule has 0 aliphatic carbocycles. The summed E-state index contributed by atoms with van der Waals surface area (Å²) in [5, 5.41) is 0. The fraction of sp³-hybridized carbons (Fsp3) is 0.929. The summed E-state index contributed by atoms with van der Waals surface area (Å²) in [7, 11) is 1.68. The van der Waals surface area contributed by atoms with Crippen molar-refractivity contribution < 1.29 is 14.3 Å². The zero-order valence-corrected chi connectivity index (χ0v) is 12.0. The van der Waals surface area contributed by atoms with Gasteiger partial charge in [-0.25, -0.2) is 0 Å². The number of carbonyl (C=O) groups is 1. The number of piperidine rings is 1. The minimum Gasteiger partial charge on any atom is -0.382 e. The third-order valence-corrected chi connectivity index (χ3v) is 3.87. The Balaban J connectivity index is 2.07. The van der Waals surface area contributed by atoms with Gasteiger partial charge in [-0.15, -0.1) is 0 Å². The average Bonchev–Trinajstić information content (AvgIpc) is 2.37. The molecule has 1 aliphatic rings. The molecule has 0 bridgehead atoms. The maximum absolute atomic E-state index is 11.6. The van der Waals surface area contributed by atoms with Crippen LogP contribution >= 0.6 is 0 Å². The summed E-state index contributed by atoms with van der Waals surface area (Å²) >= 11 is 0. The van der Waals surface area contributed by atoms with E-state index in [0.29, 0.717) is 25.0 Å². The molecule has 106 valence electrons. The predicted molar refractivity (Wildman–Crippen MR) is 71.8 cm³/mol. The lowest BCUT2D eigenvalue weighted by atomic mass is 9.90. The van der Waals surface area contributed by atoms with E-state index in [4.69, 9.17) is 9.47 Å². The van der Waals surface area contributed by atoms with Crippen LogP contribution in [0.25, 0.3) is 0 Å². The Bertz CT molecular complexity index is 245. The fourth-order valence-electron chi connectivity index (χ4n) is 2.35. The molecule has 1 saturated heterocycles. The largest absolute Gasteiger partial charge is 0.382 e. The van der Waals surface area contributed by atoms with Crippen LogP contribution in [-0.2, 0) is 14.3 Å². The van der Waals surface area contributed by atoms with E-state index in [0.717, 1.165) is 39.0 Å². The van der Waals surface area contributed by atoms with E-state index in [1.54, 1.807) is 7.11 Å². The van der Waals surface area contributed by atoms with Crippen LogP contribution in [0.4, 0.5) is 0 Å². The smallest absolute Gasteiger partial charge is 0.138 e. The van der Waals surface area contributed by atoms with Crippen LogP contribution in [-0.4, -0.2) is 56.7 Å². The molecule has 0 saturated carbocycles. The number of unbranched alkanes of at least 4 members (excludes halogenated alkanes) is 1. The molecule has 0 aromatic carbocycles. The van der Waals surface area contributed by atoms with Crippen molar-refractivity contribution in [1.82, 2.24) is 4.90 Å². The zero-order valence-electron chi connectivity index (χ0n) is 12.0. The van der Waals surface area contributed by atoms with Crippen molar-refractivity contribution >= 4 is 5.78 Å². The molecule has 0 aromatic heterocycles. The lowest BCUT2D eigenvalue weighted by Crippen LogP contribution is -2.47. The Morgan fingerprint density at radius 3 is 2.72 bits per heavy atom. The number of rotatable bonds is 8. The molecule has 1 aliphatic heterocycles. The van der Waals surface area contributed by atoms with Gasteiger partial charge in [-0.2, -0.15) is 0 Å². The molecule has 4 nitrogen and oxygen atoms in total. The van der Waals surface area contributed by atoms with Crippen molar-refractivity contribution in [1.29, 1.82) is 0 Å². The van der Waals surface area contributed by atoms with E-state index in [1.807, 2.05) is 6.92 Å². The van der Waals surface area contributed by atoms with Gasteiger partial charge in [-0.1, -0.05) is 6.92 Å². The number of methoxy groups -OCH3 is 1. The second kappa shape index (κ2) is 8.62. The number of hydrogen-bond acceptors (Lipinski definition) is 4. The minimum atomic E-state index is 0.191. The summed E-state index contributed by atoms with van der Waals surface area (Å²) in [5.74, 6) is 0.610. The minimum absolute atomic E-state index is 0.191. The van der Waals surface area contributed by atoms with Crippen LogP contribution in [0, 0.1) is 5.92 Å². The molecule has 1 rings (SSSR count). The molecular formula is C14H27NO3. The van der Waals surface area contributed by atoms with Crippen LogP contribution in [0.2, 0.25) is 0 Å². The van der Waals surface area contributed by atoms with Gasteiger partial charge < -0.3 is 9.47 Å². The van der Waals surface area contributed by atoms with Crippen LogP contribution < -0.4 is 0 Å². The number of carbonyl (C=O) groups excluding carboxylic acids is 1. The van der Waals surface area contributed by atoms with E-state index in [-0.39, 0.29) is 5.92 Å². The normalized spacial score (nSPS) is 25.6. The van der Waals surface area contributed by atoms with Crippen LogP contribution in [0.15, 0.2) is 0 Å². The molecule has 1 fully saturated rings. The molecule has 2 atom stereocenters. The first-order valence-corrected chi connectivity index (χ1v) is 7.00. The highest BCUT2D eigenvalue weighted by atomic mass is 16.5. The van der Waals surface area contributed by atoms with Crippen molar-refractivity contribution in [3.63, 3.8) is 0 Å². The molecular weight excluding hydrogens is 230 g/mol. The van der Waals surface area contributed by atoms with Crippen molar-refractivity contribution in [2.24, 2.45) is 5.92 Å². The van der Waals surface area contributed by atoms with Gasteiger partial charge in [-0.3, -0.25) is 9.69 Å². The second-order valence-electron chi connectivity index (χ2n) is 5.09. The van der Waals surface area contributed by atoms with E-state index < -0.39 is 0 Å². The molecule has 0 aromatic rings. The second-order valence-corrected chi connectivity index (χ2v) is 5.09. The summed E-state index contributed by atoms with van der Waals surface area (Å²) < 4.78 is 10.3. The van der Waals surface area contributed by atoms with Crippen molar-refractivity contribution in [2.75, 3.05) is 40.0 Å². The van der Waals surface area contributed by atoms with Crippen LogP contribution in [0.5, 0.6) is 0 Å². The van der Waals surface area contributed by atoms with Gasteiger partial charge in [-0.05, 0) is 26.3 Å². The van der Waals surface area contributed by atoms with Crippen molar-refractivity contribution in [3.05, 3.63) is 0 Å². The third kappa shape index (κ3) is 5.04. The fourth-order valence-corrected chi connectivity index (χ4v) is 2.35. The summed E-state index contributed by atoms with van der Waals surface area (Å²) in [6, 6.07) is 0.389. The monoisotopic (exact) mass is 257 g/mol. The van der Waals surface area contributed by atoms with E-state index in [1.165, 1.54) is 0 Å². The highest BCUT2D eigenvalue weighted by Crippen LogP contribution is 2.20. The standard InChI is InChI=1S/C14H27NO3/c1-12-13(2)15(8-6-14(12)16)7-4-5-9-18-11-10-17-3/h12-13H,4-11H2,1-3H3. The van der Waals surface area contributed by atoms with Gasteiger partial charge in [0.2, 0.25) is 0 Å². The van der Waals surface area contributed by atoms with Crippen LogP contribution in [0.1, 0.15) is 33.1 Å². The molecule has 0 radical (unpaired) electrons. The number of nitrogens with zero attached hydrogens (tertiary/aromatic N) is 1. The Labute approximate surface area is 111 Å². The van der Waals surface area contributed by atoms with E-state index >= 15 is 0 Å². The molecule has 0 spiro atoms. The Morgan fingerprint density at radius 1 is 1.22 bits per heavy atom. The van der Waals surface area contributed by atoms with Crippen LogP contribution in [0.3, 0.4) is 0 Å². The topological polar surface area (TPSA) is 38.8 Å². The molecule has 2 unspecified atom stereocenters. The van der Waals surface area contributed by atoms with E-state index in [2.05, 4.69) is 11.8 Å². The van der Waals surface area contributed by atoms with Crippen molar-refractivity contribution in [3.8, 4) is 0 Å². The summed E-state index contributed by atoms with van der Waals surface area (Å²) in [5.41, 5.74) is 0. The van der Waals surface area contributed by atoms with Gasteiger partial charge in [0, 0.05) is 38.6 Å². The highest BCUT2D eigenvalue weighted by Gasteiger charge is 2.29. The maximum Gasteiger partial charge on any atom is 0.138 e. The average molecular weight is 257 g/mol. The van der Waals surface area contributed by atoms with Gasteiger partial charge in [0.1, 0.15) is 5.78 Å². The number of hydrogen-bond donors (Lipinski definition) is 0. The first kappa shape index (κ1) is 15.6. The predicted octanol–water partition coefficient (Wildman–Crippen LogP) is 1.73. The number of ketones is 1. The van der Waals surface area contributed by atoms with E-state index in [9.17, 15) is 4.79 Å². The molecule has 0 N–H and O–H groups in total. The Morgan fingerprint density at radius 2 is 2.00 bits per heavy atom. The summed E-state index contributed by atoms with van der Waals surface area (Å²) in [4.78, 5) is 14.0. The first-order valence-electron chi connectivity index (χ1n) is 7.00. The molecule has 1 heterocycles. The van der Waals surface area contributed by atoms with Gasteiger partial charge in [0.25, 0.3) is 0 Å². The molecule has 18 heavy (non-hydrogen) atoms. The maximum atomic E-state index is 11.6. The molecule has 0 amide bonds. The van der Waals surface area contributed by atoms with Crippen molar-refractivity contribution in [2.45, 2.75) is 39.2 Å².